The molecular weight excluding hydrogens is 961 g/mol. The lowest BCUT2D eigenvalue weighted by molar-refractivity contribution is -0.140. The van der Waals surface area contributed by atoms with Crippen LogP contribution in [-0.2, 0) is 46.3 Å². The number of carboxylic acids is 2. The zero-order valence-corrected chi connectivity index (χ0v) is 39.6. The number of imide groups is 1. The van der Waals surface area contributed by atoms with E-state index in [1.54, 1.807) is 56.3 Å². The minimum absolute atomic E-state index is 0.0337. The Morgan fingerprint density at radius 1 is 1.00 bits per heavy atom. The van der Waals surface area contributed by atoms with Crippen molar-refractivity contribution >= 4 is 91.5 Å². The topological polar surface area (TPSA) is 261 Å². The highest BCUT2D eigenvalue weighted by Gasteiger charge is 2.43. The van der Waals surface area contributed by atoms with Crippen LogP contribution < -0.4 is 26.0 Å². The standard InChI is InChI=1S/C46H47ClFN7O12S2/c1-46(2)17-28(50-27-6-3-5-25(16-27)40-38(47)39(67-22-37(58)59)41(68-40)45(63)64)13-14-55(46)69(65,66)23-24-9-10-31(48)33(15-24)51-42(60)26-19-53(20-26)36(57)18-49-32-8-4-7-29-30(32)21-54(44(29)62)34-11-12-35(56)52-43(34)61/h3-10,15-16,26,28,34,49-50H,11-14,17-23H2,1-2H3,(H,51,60)(H,58,59)(H,63,64)(H,52,56,61)/t28-,34?/m1/s1. The largest absolute Gasteiger partial charge is 0.479 e. The molecule has 4 aliphatic rings. The molecule has 4 aliphatic heterocycles. The molecular formula is C46H47ClFN7O12S2. The first-order chi connectivity index (χ1) is 32.7. The molecule has 1 unspecified atom stereocenters. The lowest BCUT2D eigenvalue weighted by Crippen LogP contribution is -2.55. The van der Waals surface area contributed by atoms with E-state index in [2.05, 4.69) is 21.3 Å². The molecule has 3 saturated heterocycles. The number of aliphatic carboxylic acids is 1. The number of likely N-dealkylation sites (tertiary alicyclic amines) is 1. The van der Waals surface area contributed by atoms with E-state index in [-0.39, 0.29) is 96.2 Å². The highest BCUT2D eigenvalue weighted by molar-refractivity contribution is 7.88. The van der Waals surface area contributed by atoms with Gasteiger partial charge in [-0.25, -0.2) is 22.4 Å². The summed E-state index contributed by atoms with van der Waals surface area (Å²) in [6, 6.07) is 14.8. The molecule has 23 heteroatoms. The first-order valence-electron chi connectivity index (χ1n) is 21.8. The molecule has 5 heterocycles. The smallest absolute Gasteiger partial charge is 0.349 e. The molecule has 5 amide bonds. The van der Waals surface area contributed by atoms with E-state index in [0.29, 0.717) is 45.8 Å². The highest BCUT2D eigenvalue weighted by atomic mass is 35.5. The number of rotatable bonds is 16. The van der Waals surface area contributed by atoms with Gasteiger partial charge in [0.1, 0.15) is 16.9 Å². The molecule has 69 heavy (non-hydrogen) atoms. The maximum atomic E-state index is 15.1. The Hall–Kier alpha value is -6.62. The van der Waals surface area contributed by atoms with Crippen molar-refractivity contribution in [2.24, 2.45) is 5.92 Å². The number of anilines is 3. The summed E-state index contributed by atoms with van der Waals surface area (Å²) in [5, 5.41) is 30.0. The second-order valence-corrected chi connectivity index (χ2v) is 21.1. The van der Waals surface area contributed by atoms with Crippen LogP contribution in [0.4, 0.5) is 21.5 Å². The average Bonchev–Trinajstić information content (AvgIpc) is 3.78. The van der Waals surface area contributed by atoms with E-state index in [1.807, 2.05) is 0 Å². The van der Waals surface area contributed by atoms with Crippen molar-refractivity contribution in [2.75, 3.05) is 48.7 Å². The number of amides is 5. The number of carboxylic acid groups (broad SMARTS) is 2. The normalized spacial score (nSPS) is 19.3. The van der Waals surface area contributed by atoms with Crippen molar-refractivity contribution < 1.29 is 61.3 Å². The minimum atomic E-state index is -3.97. The van der Waals surface area contributed by atoms with Crippen molar-refractivity contribution in [1.82, 2.24) is 19.4 Å². The van der Waals surface area contributed by atoms with E-state index in [0.717, 1.165) is 17.4 Å². The monoisotopic (exact) mass is 1010 g/mol. The molecule has 3 fully saturated rings. The molecule has 0 aliphatic carbocycles. The summed E-state index contributed by atoms with van der Waals surface area (Å²) in [5.74, 6) is -6.88. The first kappa shape index (κ1) is 48.8. The Labute approximate surface area is 404 Å². The molecule has 8 rings (SSSR count). The molecule has 6 N–H and O–H groups in total. The van der Waals surface area contributed by atoms with Crippen molar-refractivity contribution in [3.63, 3.8) is 0 Å². The van der Waals surface area contributed by atoms with Gasteiger partial charge in [-0.2, -0.15) is 4.31 Å². The maximum absolute atomic E-state index is 15.1. The fourth-order valence-electron chi connectivity index (χ4n) is 9.16. The van der Waals surface area contributed by atoms with Crippen LogP contribution in [0, 0.1) is 11.7 Å². The molecule has 364 valence electrons. The van der Waals surface area contributed by atoms with Gasteiger partial charge in [0.15, 0.2) is 17.2 Å². The van der Waals surface area contributed by atoms with E-state index in [1.165, 1.54) is 26.2 Å². The number of fused-ring (bicyclic) bond motifs is 1. The quantitative estimate of drug-likeness (QED) is 0.0823. The van der Waals surface area contributed by atoms with Gasteiger partial charge in [-0.3, -0.25) is 29.3 Å². The molecule has 3 aromatic carbocycles. The number of thiophene rings is 1. The predicted octanol–water partition coefficient (Wildman–Crippen LogP) is 4.82. The highest BCUT2D eigenvalue weighted by Crippen LogP contribution is 2.46. The van der Waals surface area contributed by atoms with Crippen molar-refractivity contribution in [3.05, 3.63) is 93.1 Å². The molecule has 1 aromatic heterocycles. The van der Waals surface area contributed by atoms with Crippen LogP contribution in [0.2, 0.25) is 5.02 Å². The SMILES string of the molecule is CC1(C)C[C@H](Nc2cccc(-c3sc(C(=O)O)c(OCC(=O)O)c3Cl)c2)CCN1S(=O)(=O)Cc1ccc(F)c(NC(=O)C2CN(C(=O)CNc3cccc4c3CN(C3CCC(=O)NC3=O)C4=O)C2)c1. The number of benzene rings is 3. The number of halogens is 2. The molecule has 0 saturated carbocycles. The van der Waals surface area contributed by atoms with Crippen LogP contribution >= 0.6 is 22.9 Å². The Kier molecular flexibility index (Phi) is 13.7. The van der Waals surface area contributed by atoms with Crippen molar-refractivity contribution in [3.8, 4) is 16.2 Å². The number of carbonyl (C=O) groups excluding carboxylic acids is 5. The van der Waals surface area contributed by atoms with Crippen molar-refractivity contribution in [1.29, 1.82) is 0 Å². The zero-order valence-electron chi connectivity index (χ0n) is 37.2. The molecule has 0 bridgehead atoms. The van der Waals surface area contributed by atoms with Gasteiger partial charge in [-0.1, -0.05) is 35.9 Å². The van der Waals surface area contributed by atoms with Gasteiger partial charge in [0.2, 0.25) is 33.7 Å². The number of nitrogens with one attached hydrogen (secondary N) is 4. The summed E-state index contributed by atoms with van der Waals surface area (Å²) in [4.78, 5) is 89.6. The lowest BCUT2D eigenvalue weighted by atomic mass is 9.89. The number of hydrogen-bond acceptors (Lipinski definition) is 13. The van der Waals surface area contributed by atoms with E-state index < -0.39 is 69.5 Å². The van der Waals surface area contributed by atoms with Gasteiger partial charge in [-0.15, -0.1) is 11.3 Å². The summed E-state index contributed by atoms with van der Waals surface area (Å²) in [7, 11) is -3.97. The maximum Gasteiger partial charge on any atom is 0.349 e. The third kappa shape index (κ3) is 10.4. The van der Waals surface area contributed by atoms with Crippen LogP contribution in [0.15, 0.2) is 60.7 Å². The van der Waals surface area contributed by atoms with Gasteiger partial charge in [0.25, 0.3) is 5.91 Å². The van der Waals surface area contributed by atoms with Gasteiger partial charge in [-0.05, 0) is 80.6 Å². The molecule has 0 spiro atoms. The van der Waals surface area contributed by atoms with Gasteiger partial charge in [0.05, 0.1) is 28.8 Å². The second-order valence-electron chi connectivity index (χ2n) is 17.8. The van der Waals surface area contributed by atoms with E-state index in [9.17, 15) is 47.1 Å². The fraction of sp³-hybridized carbons (Fsp3) is 0.370. The lowest BCUT2D eigenvalue weighted by Gasteiger charge is -2.45. The third-order valence-corrected chi connectivity index (χ3v) is 16.3. The van der Waals surface area contributed by atoms with Crippen LogP contribution in [0.1, 0.15) is 70.7 Å². The number of piperidine rings is 2. The summed E-state index contributed by atoms with van der Waals surface area (Å²) in [6.07, 6.45) is 1.15. The van der Waals surface area contributed by atoms with Gasteiger partial charge in [0, 0.05) is 66.7 Å². The Morgan fingerprint density at radius 2 is 1.75 bits per heavy atom. The second kappa shape index (κ2) is 19.4. The van der Waals surface area contributed by atoms with Gasteiger partial charge < -0.3 is 40.7 Å². The number of nitrogens with zero attached hydrogens (tertiary/aromatic N) is 3. The van der Waals surface area contributed by atoms with Crippen LogP contribution in [0.25, 0.3) is 10.4 Å². The molecule has 0 radical (unpaired) electrons. The molecule has 4 aromatic rings. The average molecular weight is 1010 g/mol. The Balaban J connectivity index is 0.829. The molecule has 2 atom stereocenters. The first-order valence-corrected chi connectivity index (χ1v) is 24.6. The molecule has 19 nitrogen and oxygen atoms in total. The summed E-state index contributed by atoms with van der Waals surface area (Å²) >= 11 is 7.35. The van der Waals surface area contributed by atoms with Crippen LogP contribution in [0.5, 0.6) is 5.75 Å². The number of sulfonamides is 1. The van der Waals surface area contributed by atoms with Crippen LogP contribution in [-0.4, -0.2) is 125 Å². The number of ether oxygens (including phenoxy) is 1. The van der Waals surface area contributed by atoms with E-state index in [4.69, 9.17) is 21.4 Å². The summed E-state index contributed by atoms with van der Waals surface area (Å²) in [5.41, 5.74) is 1.94. The number of hydrogen-bond donors (Lipinski definition) is 6. The third-order valence-electron chi connectivity index (χ3n) is 12.5. The van der Waals surface area contributed by atoms with Gasteiger partial charge >= 0.3 is 11.9 Å². The number of carbonyl (C=O) groups is 7. The zero-order chi connectivity index (χ0) is 49.5. The van der Waals surface area contributed by atoms with Crippen molar-refractivity contribution in [2.45, 2.75) is 69.5 Å². The van der Waals surface area contributed by atoms with E-state index >= 15 is 4.39 Å². The minimum Gasteiger partial charge on any atom is -0.479 e. The summed E-state index contributed by atoms with van der Waals surface area (Å²) < 4.78 is 49.6. The Bertz CT molecular complexity index is 2910. The Morgan fingerprint density at radius 3 is 2.46 bits per heavy atom. The number of aromatic carboxylic acids is 1. The predicted molar refractivity (Wildman–Crippen MR) is 251 cm³/mol. The summed E-state index contributed by atoms with van der Waals surface area (Å²) in [6.45, 7) is 3.08. The fourth-order valence-corrected chi connectivity index (χ4v) is 12.5. The van der Waals surface area contributed by atoms with Crippen LogP contribution in [0.3, 0.4) is 0 Å².